The molecular weight excluding hydrogens is 300 g/mol. The quantitative estimate of drug-likeness (QED) is 0.643. The minimum Gasteiger partial charge on any atom is -0.467 e. The van der Waals surface area contributed by atoms with Gasteiger partial charge in [0.1, 0.15) is 6.04 Å². The summed E-state index contributed by atoms with van der Waals surface area (Å²) in [5.74, 6) is -1.25. The summed E-state index contributed by atoms with van der Waals surface area (Å²) in [4.78, 5) is 23.3. The first-order chi connectivity index (χ1) is 8.36. The standard InChI is InChI=1S/C11H16Cl3NO3/c1-18-9(16)8(7-5-3-2-4-6-7)15-10(17)11(12,13)14/h7-8H,2-6H2,1H3,(H,15,17)/t8-/m0/s1. The highest BCUT2D eigenvalue weighted by molar-refractivity contribution is 6.76. The number of alkyl halides is 3. The zero-order valence-corrected chi connectivity index (χ0v) is 12.3. The first-order valence-electron chi connectivity index (χ1n) is 5.81. The Hall–Kier alpha value is -0.190. The van der Waals surface area contributed by atoms with Crippen LogP contribution in [0.2, 0.25) is 0 Å². The molecule has 1 atom stereocenters. The Balaban J connectivity index is 2.72. The summed E-state index contributed by atoms with van der Waals surface area (Å²) >= 11 is 16.4. The lowest BCUT2D eigenvalue weighted by molar-refractivity contribution is -0.147. The van der Waals surface area contributed by atoms with Gasteiger partial charge in [0.15, 0.2) is 0 Å². The molecule has 18 heavy (non-hydrogen) atoms. The summed E-state index contributed by atoms with van der Waals surface area (Å²) in [7, 11) is 1.28. The van der Waals surface area contributed by atoms with Crippen LogP contribution in [-0.2, 0) is 14.3 Å². The zero-order valence-electron chi connectivity index (χ0n) is 10.0. The van der Waals surface area contributed by atoms with Gasteiger partial charge in [-0.05, 0) is 18.8 Å². The minimum absolute atomic E-state index is 0.0440. The van der Waals surface area contributed by atoms with E-state index in [0.717, 1.165) is 32.1 Å². The van der Waals surface area contributed by atoms with E-state index in [2.05, 4.69) is 5.32 Å². The fourth-order valence-corrected chi connectivity index (χ4v) is 2.35. The third-order valence-electron chi connectivity index (χ3n) is 3.12. The van der Waals surface area contributed by atoms with Crippen LogP contribution in [0.25, 0.3) is 0 Å². The number of amides is 1. The molecule has 1 aliphatic rings. The normalized spacial score (nSPS) is 19.1. The van der Waals surface area contributed by atoms with Crippen LogP contribution in [0, 0.1) is 5.92 Å². The molecule has 1 saturated carbocycles. The van der Waals surface area contributed by atoms with Crippen molar-refractivity contribution in [3.8, 4) is 0 Å². The van der Waals surface area contributed by atoms with Crippen molar-refractivity contribution < 1.29 is 14.3 Å². The Bertz CT molecular complexity index is 311. The van der Waals surface area contributed by atoms with Gasteiger partial charge in [0.25, 0.3) is 9.70 Å². The minimum atomic E-state index is -2.07. The highest BCUT2D eigenvalue weighted by Crippen LogP contribution is 2.30. The second-order valence-electron chi connectivity index (χ2n) is 4.37. The van der Waals surface area contributed by atoms with E-state index in [-0.39, 0.29) is 5.92 Å². The summed E-state index contributed by atoms with van der Waals surface area (Å²) < 4.78 is 2.63. The molecule has 1 rings (SSSR count). The number of carbonyl (C=O) groups excluding carboxylic acids is 2. The largest absolute Gasteiger partial charge is 0.467 e. The van der Waals surface area contributed by atoms with Crippen LogP contribution in [-0.4, -0.2) is 28.8 Å². The lowest BCUT2D eigenvalue weighted by Gasteiger charge is -2.29. The summed E-state index contributed by atoms with van der Waals surface area (Å²) in [5.41, 5.74) is 0. The van der Waals surface area contributed by atoms with E-state index in [1.165, 1.54) is 7.11 Å². The fourth-order valence-electron chi connectivity index (χ4n) is 2.19. The first-order valence-corrected chi connectivity index (χ1v) is 6.95. The van der Waals surface area contributed by atoms with Crippen molar-refractivity contribution in [3.63, 3.8) is 0 Å². The number of methoxy groups -OCH3 is 1. The van der Waals surface area contributed by atoms with E-state index in [1.807, 2.05) is 0 Å². The van der Waals surface area contributed by atoms with Crippen molar-refractivity contribution >= 4 is 46.7 Å². The summed E-state index contributed by atoms with van der Waals surface area (Å²) in [6, 6.07) is -0.738. The van der Waals surface area contributed by atoms with Gasteiger partial charge in [0.2, 0.25) is 0 Å². The van der Waals surface area contributed by atoms with E-state index in [4.69, 9.17) is 39.5 Å². The lowest BCUT2D eigenvalue weighted by Crippen LogP contribution is -2.50. The van der Waals surface area contributed by atoms with Gasteiger partial charge < -0.3 is 10.1 Å². The second kappa shape index (κ2) is 6.83. The predicted octanol–water partition coefficient (Wildman–Crippen LogP) is 2.59. The van der Waals surface area contributed by atoms with Gasteiger partial charge in [-0.1, -0.05) is 54.1 Å². The maximum atomic E-state index is 11.7. The summed E-state index contributed by atoms with van der Waals surface area (Å²) in [6.07, 6.45) is 4.92. The maximum absolute atomic E-state index is 11.7. The molecule has 0 saturated heterocycles. The molecule has 1 N–H and O–H groups in total. The van der Waals surface area contributed by atoms with Crippen molar-refractivity contribution in [1.29, 1.82) is 0 Å². The van der Waals surface area contributed by atoms with Crippen LogP contribution in [0.3, 0.4) is 0 Å². The van der Waals surface area contributed by atoms with Crippen LogP contribution >= 0.6 is 34.8 Å². The molecule has 0 aromatic carbocycles. The molecule has 7 heteroatoms. The number of hydrogen-bond acceptors (Lipinski definition) is 3. The first kappa shape index (κ1) is 15.9. The Labute approximate surface area is 121 Å². The van der Waals surface area contributed by atoms with Crippen molar-refractivity contribution in [2.45, 2.75) is 41.9 Å². The van der Waals surface area contributed by atoms with Gasteiger partial charge in [-0.25, -0.2) is 4.79 Å². The van der Waals surface area contributed by atoms with E-state index < -0.39 is 21.7 Å². The SMILES string of the molecule is COC(=O)[C@@H](NC(=O)C(Cl)(Cl)Cl)C1CCCCC1. The van der Waals surface area contributed by atoms with Crippen molar-refractivity contribution in [2.75, 3.05) is 7.11 Å². The molecule has 0 aromatic rings. The molecule has 1 aliphatic carbocycles. The van der Waals surface area contributed by atoms with Gasteiger partial charge in [-0.2, -0.15) is 0 Å². The Morgan fingerprint density at radius 2 is 1.78 bits per heavy atom. The number of hydrogen-bond donors (Lipinski definition) is 1. The lowest BCUT2D eigenvalue weighted by atomic mass is 9.84. The second-order valence-corrected chi connectivity index (χ2v) is 6.65. The number of esters is 1. The monoisotopic (exact) mass is 315 g/mol. The molecular formula is C11H16Cl3NO3. The van der Waals surface area contributed by atoms with Gasteiger partial charge in [-0.15, -0.1) is 0 Å². The molecule has 4 nitrogen and oxygen atoms in total. The average Bonchev–Trinajstić information content (AvgIpc) is 2.34. The third kappa shape index (κ3) is 4.48. The van der Waals surface area contributed by atoms with Crippen LogP contribution in [0.4, 0.5) is 0 Å². The smallest absolute Gasteiger partial charge is 0.328 e. The molecule has 0 spiro atoms. The summed E-state index contributed by atoms with van der Waals surface area (Å²) in [5, 5.41) is 2.47. The highest BCUT2D eigenvalue weighted by atomic mass is 35.6. The molecule has 104 valence electrons. The number of halogens is 3. The molecule has 1 amide bonds. The molecule has 1 fully saturated rings. The molecule has 0 aliphatic heterocycles. The molecule has 0 heterocycles. The summed E-state index contributed by atoms with van der Waals surface area (Å²) in [6.45, 7) is 0. The topological polar surface area (TPSA) is 55.4 Å². The van der Waals surface area contributed by atoms with Crippen LogP contribution in [0.5, 0.6) is 0 Å². The predicted molar refractivity (Wildman–Crippen MR) is 70.8 cm³/mol. The van der Waals surface area contributed by atoms with Gasteiger partial charge in [0, 0.05) is 0 Å². The van der Waals surface area contributed by atoms with Gasteiger partial charge >= 0.3 is 5.97 Å². The fraction of sp³-hybridized carbons (Fsp3) is 0.818. The average molecular weight is 317 g/mol. The van der Waals surface area contributed by atoms with Crippen molar-refractivity contribution in [2.24, 2.45) is 5.92 Å². The molecule has 0 radical (unpaired) electrons. The highest BCUT2D eigenvalue weighted by Gasteiger charge is 2.37. The number of carbonyl (C=O) groups is 2. The number of rotatable bonds is 3. The van der Waals surface area contributed by atoms with Crippen LogP contribution in [0.1, 0.15) is 32.1 Å². The molecule has 0 aromatic heterocycles. The van der Waals surface area contributed by atoms with Crippen LogP contribution in [0.15, 0.2) is 0 Å². The third-order valence-corrected chi connectivity index (χ3v) is 3.64. The van der Waals surface area contributed by atoms with E-state index in [1.54, 1.807) is 0 Å². The van der Waals surface area contributed by atoms with Gasteiger partial charge in [0.05, 0.1) is 7.11 Å². The number of nitrogens with one attached hydrogen (secondary N) is 1. The van der Waals surface area contributed by atoms with E-state index in [0.29, 0.717) is 0 Å². The van der Waals surface area contributed by atoms with Crippen molar-refractivity contribution in [1.82, 2.24) is 5.32 Å². The zero-order chi connectivity index (χ0) is 13.8. The molecule has 0 bridgehead atoms. The molecule has 0 unspecified atom stereocenters. The van der Waals surface area contributed by atoms with E-state index >= 15 is 0 Å². The Morgan fingerprint density at radius 1 is 1.22 bits per heavy atom. The van der Waals surface area contributed by atoms with Crippen molar-refractivity contribution in [3.05, 3.63) is 0 Å². The maximum Gasteiger partial charge on any atom is 0.328 e. The Morgan fingerprint density at radius 3 is 2.22 bits per heavy atom. The van der Waals surface area contributed by atoms with Crippen LogP contribution < -0.4 is 5.32 Å². The van der Waals surface area contributed by atoms with Gasteiger partial charge in [-0.3, -0.25) is 4.79 Å². The Kier molecular flexibility index (Phi) is 6.02. The van der Waals surface area contributed by atoms with E-state index in [9.17, 15) is 9.59 Å². The number of ether oxygens (including phenoxy) is 1.